The Hall–Kier alpha value is -1.98. The Morgan fingerprint density at radius 1 is 1.15 bits per heavy atom. The van der Waals surface area contributed by atoms with Gasteiger partial charge in [-0.2, -0.15) is 0 Å². The predicted octanol–water partition coefficient (Wildman–Crippen LogP) is 2.53. The molecule has 2 rings (SSSR count). The largest absolute Gasteiger partial charge is 0.486 e. The highest BCUT2D eigenvalue weighted by Gasteiger charge is 2.06. The quantitative estimate of drug-likeness (QED) is 0.831. The van der Waals surface area contributed by atoms with E-state index in [2.05, 4.69) is 0 Å². The smallest absolute Gasteiger partial charge is 0.165 e. The minimum Gasteiger partial charge on any atom is -0.486 e. The van der Waals surface area contributed by atoms with Crippen LogP contribution in [0.1, 0.15) is 16.7 Å². The first-order valence-electron chi connectivity index (χ1n) is 6.01. The molecule has 0 saturated carbocycles. The first kappa shape index (κ1) is 14.4. The molecule has 3 N–H and O–H groups in total. The molecule has 3 nitrogen and oxygen atoms in total. The average Bonchev–Trinajstić information content (AvgIpc) is 2.46. The van der Waals surface area contributed by atoms with Crippen LogP contribution in [0.25, 0.3) is 0 Å². The van der Waals surface area contributed by atoms with Gasteiger partial charge in [-0.25, -0.2) is 4.39 Å². The van der Waals surface area contributed by atoms with Crippen LogP contribution in [-0.4, -0.2) is 10.1 Å². The van der Waals surface area contributed by atoms with Gasteiger partial charge in [-0.1, -0.05) is 36.5 Å². The summed E-state index contributed by atoms with van der Waals surface area (Å²) in [5.41, 5.74) is 7.61. The van der Waals surface area contributed by atoms with Crippen LogP contribution >= 0.6 is 12.2 Å². The fraction of sp³-hybridized carbons (Fsp3) is 0.133. The van der Waals surface area contributed by atoms with Crippen molar-refractivity contribution >= 4 is 17.2 Å². The van der Waals surface area contributed by atoms with E-state index in [1.54, 1.807) is 18.2 Å². The molecule has 104 valence electrons. The van der Waals surface area contributed by atoms with E-state index < -0.39 is 5.82 Å². The molecule has 0 aliphatic rings. The summed E-state index contributed by atoms with van der Waals surface area (Å²) < 4.78 is 19.2. The molecule has 2 aromatic carbocycles. The van der Waals surface area contributed by atoms with E-state index in [9.17, 15) is 4.39 Å². The Bertz CT molecular complexity index is 614. The number of hydrogen-bond donors (Lipinski definition) is 2. The van der Waals surface area contributed by atoms with Crippen LogP contribution < -0.4 is 10.5 Å². The standard InChI is InChI=1S/C15H14FNO2S/c16-13-7-12(15(17)20)5-6-14(13)19-9-11-3-1-10(8-18)2-4-11/h1-7,18H,8-9H2,(H2,17,20). The number of thiocarbonyl (C=S) groups is 1. The summed E-state index contributed by atoms with van der Waals surface area (Å²) in [7, 11) is 0. The highest BCUT2D eigenvalue weighted by molar-refractivity contribution is 7.80. The highest BCUT2D eigenvalue weighted by atomic mass is 32.1. The SMILES string of the molecule is NC(=S)c1ccc(OCc2ccc(CO)cc2)c(F)c1. The second-order valence-electron chi connectivity index (χ2n) is 4.27. The summed E-state index contributed by atoms with van der Waals surface area (Å²) in [4.78, 5) is 0.148. The number of hydrogen-bond acceptors (Lipinski definition) is 3. The van der Waals surface area contributed by atoms with Crippen molar-refractivity contribution in [1.82, 2.24) is 0 Å². The summed E-state index contributed by atoms with van der Waals surface area (Å²) in [6.45, 7) is 0.241. The van der Waals surface area contributed by atoms with Crippen molar-refractivity contribution in [3.63, 3.8) is 0 Å². The molecular weight excluding hydrogens is 277 g/mol. The summed E-state index contributed by atoms with van der Waals surface area (Å²) in [6.07, 6.45) is 0. The van der Waals surface area contributed by atoms with Crippen LogP contribution in [0.2, 0.25) is 0 Å². The molecule has 0 aliphatic heterocycles. The van der Waals surface area contributed by atoms with Gasteiger partial charge in [0.15, 0.2) is 11.6 Å². The normalized spacial score (nSPS) is 10.3. The van der Waals surface area contributed by atoms with Gasteiger partial charge in [0.05, 0.1) is 6.61 Å². The van der Waals surface area contributed by atoms with Crippen LogP contribution in [0, 0.1) is 5.82 Å². The number of aliphatic hydroxyl groups is 1. The zero-order chi connectivity index (χ0) is 14.5. The van der Waals surface area contributed by atoms with E-state index in [0.717, 1.165) is 11.1 Å². The van der Waals surface area contributed by atoms with Crippen molar-refractivity contribution < 1.29 is 14.2 Å². The van der Waals surface area contributed by atoms with Gasteiger partial charge in [-0.15, -0.1) is 0 Å². The van der Waals surface area contributed by atoms with Crippen molar-refractivity contribution in [2.24, 2.45) is 5.73 Å². The number of aliphatic hydroxyl groups excluding tert-OH is 1. The molecule has 0 aromatic heterocycles. The van der Waals surface area contributed by atoms with Crippen molar-refractivity contribution in [3.8, 4) is 5.75 Å². The Morgan fingerprint density at radius 3 is 2.35 bits per heavy atom. The topological polar surface area (TPSA) is 55.5 Å². The van der Waals surface area contributed by atoms with E-state index in [0.29, 0.717) is 5.56 Å². The first-order chi connectivity index (χ1) is 9.60. The van der Waals surface area contributed by atoms with E-state index in [1.165, 1.54) is 12.1 Å². The minimum atomic E-state index is -0.498. The van der Waals surface area contributed by atoms with Gasteiger partial charge in [-0.3, -0.25) is 0 Å². The number of halogens is 1. The van der Waals surface area contributed by atoms with Crippen LogP contribution in [0.4, 0.5) is 4.39 Å². The van der Waals surface area contributed by atoms with Gasteiger partial charge in [-0.05, 0) is 29.3 Å². The fourth-order valence-corrected chi connectivity index (χ4v) is 1.80. The summed E-state index contributed by atoms with van der Waals surface area (Å²) in [5.74, 6) is -0.349. The Balaban J connectivity index is 2.04. The molecule has 0 unspecified atom stereocenters. The molecule has 0 atom stereocenters. The van der Waals surface area contributed by atoms with Crippen molar-refractivity contribution in [2.45, 2.75) is 13.2 Å². The molecule has 0 radical (unpaired) electrons. The zero-order valence-electron chi connectivity index (χ0n) is 10.7. The van der Waals surface area contributed by atoms with Gasteiger partial charge >= 0.3 is 0 Å². The van der Waals surface area contributed by atoms with Crippen molar-refractivity contribution in [1.29, 1.82) is 0 Å². The lowest BCUT2D eigenvalue weighted by atomic mass is 10.1. The Kier molecular flexibility index (Phi) is 4.65. The van der Waals surface area contributed by atoms with Gasteiger partial charge in [0, 0.05) is 5.56 Å². The lowest BCUT2D eigenvalue weighted by Gasteiger charge is -2.09. The maximum absolute atomic E-state index is 13.8. The Labute approximate surface area is 121 Å². The van der Waals surface area contributed by atoms with Gasteiger partial charge in [0.2, 0.25) is 0 Å². The molecule has 20 heavy (non-hydrogen) atoms. The molecule has 0 saturated heterocycles. The van der Waals surface area contributed by atoms with Crippen LogP contribution in [0.3, 0.4) is 0 Å². The average molecular weight is 291 g/mol. The second-order valence-corrected chi connectivity index (χ2v) is 4.71. The number of benzene rings is 2. The fourth-order valence-electron chi connectivity index (χ4n) is 1.67. The summed E-state index contributed by atoms with van der Waals surface area (Å²) in [6, 6.07) is 11.6. The van der Waals surface area contributed by atoms with E-state index >= 15 is 0 Å². The van der Waals surface area contributed by atoms with Crippen molar-refractivity contribution in [2.75, 3.05) is 0 Å². The number of nitrogens with two attached hydrogens (primary N) is 1. The van der Waals surface area contributed by atoms with Gasteiger partial charge < -0.3 is 15.6 Å². The monoisotopic (exact) mass is 291 g/mol. The first-order valence-corrected chi connectivity index (χ1v) is 6.42. The molecule has 0 spiro atoms. The third kappa shape index (κ3) is 3.53. The summed E-state index contributed by atoms with van der Waals surface area (Å²) >= 11 is 4.78. The number of rotatable bonds is 5. The van der Waals surface area contributed by atoms with E-state index in [1.807, 2.05) is 12.1 Å². The molecule has 2 aromatic rings. The molecule has 0 amide bonds. The molecular formula is C15H14FNO2S. The van der Waals surface area contributed by atoms with Crippen LogP contribution in [0.5, 0.6) is 5.75 Å². The van der Waals surface area contributed by atoms with Crippen molar-refractivity contribution in [3.05, 3.63) is 65.0 Å². The molecule has 0 aliphatic carbocycles. The van der Waals surface area contributed by atoms with Gasteiger partial charge in [0.1, 0.15) is 11.6 Å². The molecule has 0 heterocycles. The lowest BCUT2D eigenvalue weighted by Crippen LogP contribution is -2.09. The Morgan fingerprint density at radius 2 is 1.80 bits per heavy atom. The summed E-state index contributed by atoms with van der Waals surface area (Å²) in [5, 5.41) is 8.94. The van der Waals surface area contributed by atoms with E-state index in [4.69, 9.17) is 27.8 Å². The van der Waals surface area contributed by atoms with E-state index in [-0.39, 0.29) is 24.0 Å². The maximum atomic E-state index is 13.8. The molecule has 5 heteroatoms. The highest BCUT2D eigenvalue weighted by Crippen LogP contribution is 2.19. The maximum Gasteiger partial charge on any atom is 0.165 e. The molecule has 0 fully saturated rings. The minimum absolute atomic E-state index is 0.00374. The number of ether oxygens (including phenoxy) is 1. The third-order valence-electron chi connectivity index (χ3n) is 2.82. The second kappa shape index (κ2) is 6.45. The third-order valence-corrected chi connectivity index (χ3v) is 3.05. The van der Waals surface area contributed by atoms with Gasteiger partial charge in [0.25, 0.3) is 0 Å². The molecule has 0 bridgehead atoms. The lowest BCUT2D eigenvalue weighted by molar-refractivity contribution is 0.280. The predicted molar refractivity (Wildman–Crippen MR) is 79.0 cm³/mol. The zero-order valence-corrected chi connectivity index (χ0v) is 11.5. The van der Waals surface area contributed by atoms with Crippen LogP contribution in [0.15, 0.2) is 42.5 Å². The van der Waals surface area contributed by atoms with Crippen LogP contribution in [-0.2, 0) is 13.2 Å².